The first-order valence-electron chi connectivity index (χ1n) is 6.64. The molecule has 2 heterocycles. The number of rotatable bonds is 5. The van der Waals surface area contributed by atoms with Crippen LogP contribution in [0.4, 0.5) is 13.2 Å². The van der Waals surface area contributed by atoms with Gasteiger partial charge in [0.15, 0.2) is 0 Å². The molecule has 2 aromatic heterocycles. The average molecular weight is 298 g/mol. The zero-order chi connectivity index (χ0) is 15.5. The van der Waals surface area contributed by atoms with Crippen molar-refractivity contribution in [1.82, 2.24) is 20.1 Å². The van der Waals surface area contributed by atoms with Crippen LogP contribution in [-0.4, -0.2) is 21.3 Å². The van der Waals surface area contributed by atoms with Gasteiger partial charge in [-0.15, -0.1) is 0 Å². The number of nitrogens with one attached hydrogen (secondary N) is 1. The smallest absolute Gasteiger partial charge is 0.309 e. The molecule has 2 rings (SSSR count). The number of alkyl halides is 3. The van der Waals surface area contributed by atoms with Crippen LogP contribution in [-0.2, 0) is 19.6 Å². The Balaban J connectivity index is 2.17. The van der Waals surface area contributed by atoms with E-state index in [2.05, 4.69) is 15.4 Å². The molecule has 0 radical (unpaired) electrons. The number of hydrogen-bond donors (Lipinski definition) is 1. The van der Waals surface area contributed by atoms with E-state index in [4.69, 9.17) is 0 Å². The first-order valence-corrected chi connectivity index (χ1v) is 6.64. The van der Waals surface area contributed by atoms with Gasteiger partial charge in [0.05, 0.1) is 23.5 Å². The van der Waals surface area contributed by atoms with Crippen LogP contribution >= 0.6 is 0 Å². The van der Waals surface area contributed by atoms with E-state index in [1.807, 2.05) is 20.2 Å². The highest BCUT2D eigenvalue weighted by Crippen LogP contribution is 2.29. The SMILES string of the molecule is CCNC(Cc1cnn(C)c1)c1ccc(C(F)(F)F)cn1. The van der Waals surface area contributed by atoms with Gasteiger partial charge in [-0.3, -0.25) is 9.67 Å². The van der Waals surface area contributed by atoms with Crippen molar-refractivity contribution in [1.29, 1.82) is 0 Å². The molecule has 0 aliphatic rings. The molecule has 1 unspecified atom stereocenters. The standard InChI is InChI=1S/C14H17F3N4/c1-3-18-13(6-10-7-20-21(2)9-10)12-5-4-11(8-19-12)14(15,16)17/h4-5,7-9,13,18H,3,6H2,1-2H3. The first-order chi connectivity index (χ1) is 9.90. The van der Waals surface area contributed by atoms with Crippen molar-refractivity contribution in [2.75, 3.05) is 6.54 Å². The molecule has 0 aliphatic carbocycles. The van der Waals surface area contributed by atoms with E-state index in [-0.39, 0.29) is 6.04 Å². The molecule has 0 amide bonds. The Morgan fingerprint density at radius 3 is 2.52 bits per heavy atom. The topological polar surface area (TPSA) is 42.7 Å². The number of hydrogen-bond acceptors (Lipinski definition) is 3. The second-order valence-corrected chi connectivity index (χ2v) is 4.81. The zero-order valence-corrected chi connectivity index (χ0v) is 11.9. The second kappa shape index (κ2) is 6.26. The molecule has 7 heteroatoms. The summed E-state index contributed by atoms with van der Waals surface area (Å²) in [6, 6.07) is 2.35. The van der Waals surface area contributed by atoms with Gasteiger partial charge in [-0.2, -0.15) is 18.3 Å². The third-order valence-electron chi connectivity index (χ3n) is 3.12. The first kappa shape index (κ1) is 15.5. The molecule has 0 fully saturated rings. The highest BCUT2D eigenvalue weighted by Gasteiger charge is 2.31. The van der Waals surface area contributed by atoms with Crippen LogP contribution in [0.2, 0.25) is 0 Å². The van der Waals surface area contributed by atoms with Crippen molar-refractivity contribution in [3.05, 3.63) is 47.5 Å². The highest BCUT2D eigenvalue weighted by molar-refractivity contribution is 5.20. The van der Waals surface area contributed by atoms with Gasteiger partial charge >= 0.3 is 6.18 Å². The third-order valence-corrected chi connectivity index (χ3v) is 3.12. The maximum Gasteiger partial charge on any atom is 0.417 e. The molecule has 0 aliphatic heterocycles. The molecule has 1 atom stereocenters. The molecule has 114 valence electrons. The second-order valence-electron chi connectivity index (χ2n) is 4.81. The Hall–Kier alpha value is -1.89. The summed E-state index contributed by atoms with van der Waals surface area (Å²) in [5, 5.41) is 7.32. The van der Waals surface area contributed by atoms with Gasteiger partial charge in [0.1, 0.15) is 0 Å². The van der Waals surface area contributed by atoms with Gasteiger partial charge in [0, 0.05) is 19.4 Å². The predicted octanol–water partition coefficient (Wildman–Crippen LogP) is 2.73. The average Bonchev–Trinajstić information content (AvgIpc) is 2.83. The zero-order valence-electron chi connectivity index (χ0n) is 11.9. The van der Waals surface area contributed by atoms with Crippen molar-refractivity contribution >= 4 is 0 Å². The molecule has 1 N–H and O–H groups in total. The fourth-order valence-electron chi connectivity index (χ4n) is 2.12. The molecular weight excluding hydrogens is 281 g/mol. The molecule has 0 aromatic carbocycles. The summed E-state index contributed by atoms with van der Waals surface area (Å²) in [6.45, 7) is 2.65. The number of aromatic nitrogens is 3. The van der Waals surface area contributed by atoms with Crippen molar-refractivity contribution < 1.29 is 13.2 Å². The Morgan fingerprint density at radius 2 is 2.05 bits per heavy atom. The quantitative estimate of drug-likeness (QED) is 0.923. The van der Waals surface area contributed by atoms with Gasteiger partial charge < -0.3 is 5.32 Å². The predicted molar refractivity (Wildman–Crippen MR) is 72.6 cm³/mol. The lowest BCUT2D eigenvalue weighted by molar-refractivity contribution is -0.137. The van der Waals surface area contributed by atoms with E-state index in [1.54, 1.807) is 10.9 Å². The summed E-state index contributed by atoms with van der Waals surface area (Å²) in [5.41, 5.74) is 0.863. The van der Waals surface area contributed by atoms with E-state index in [1.165, 1.54) is 6.07 Å². The normalized spacial score (nSPS) is 13.4. The maximum absolute atomic E-state index is 12.6. The van der Waals surface area contributed by atoms with Crippen molar-refractivity contribution in [3.63, 3.8) is 0 Å². The summed E-state index contributed by atoms with van der Waals surface area (Å²) in [4.78, 5) is 3.96. The van der Waals surface area contributed by atoms with Crippen molar-refractivity contribution in [2.24, 2.45) is 7.05 Å². The minimum Gasteiger partial charge on any atom is -0.309 e. The van der Waals surface area contributed by atoms with E-state index < -0.39 is 11.7 Å². The minimum atomic E-state index is -4.36. The highest BCUT2D eigenvalue weighted by atomic mass is 19.4. The molecule has 21 heavy (non-hydrogen) atoms. The van der Waals surface area contributed by atoms with Crippen LogP contribution in [0.5, 0.6) is 0 Å². The number of nitrogens with zero attached hydrogens (tertiary/aromatic N) is 3. The third kappa shape index (κ3) is 4.04. The molecule has 0 saturated carbocycles. The van der Waals surface area contributed by atoms with Crippen LogP contribution in [0.25, 0.3) is 0 Å². The molecule has 0 bridgehead atoms. The fourth-order valence-corrected chi connectivity index (χ4v) is 2.12. The fraction of sp³-hybridized carbons (Fsp3) is 0.429. The minimum absolute atomic E-state index is 0.138. The van der Waals surface area contributed by atoms with Crippen LogP contribution in [0, 0.1) is 0 Å². The monoisotopic (exact) mass is 298 g/mol. The molecule has 0 spiro atoms. The van der Waals surface area contributed by atoms with Gasteiger partial charge in [-0.05, 0) is 30.7 Å². The van der Waals surface area contributed by atoms with Crippen LogP contribution in [0.15, 0.2) is 30.7 Å². The number of likely N-dealkylation sites (N-methyl/N-ethyl adjacent to an activating group) is 1. The Labute approximate surface area is 121 Å². The van der Waals surface area contributed by atoms with Crippen molar-refractivity contribution in [3.8, 4) is 0 Å². The summed E-state index contributed by atoms with van der Waals surface area (Å²) in [6.07, 6.45) is 0.772. The van der Waals surface area contributed by atoms with E-state index >= 15 is 0 Å². The van der Waals surface area contributed by atoms with Crippen LogP contribution in [0.1, 0.15) is 29.8 Å². The van der Waals surface area contributed by atoms with Gasteiger partial charge in [-0.1, -0.05) is 6.92 Å². The number of halogens is 3. The van der Waals surface area contributed by atoms with E-state index in [0.29, 0.717) is 18.7 Å². The van der Waals surface area contributed by atoms with Gasteiger partial charge in [0.2, 0.25) is 0 Å². The van der Waals surface area contributed by atoms with Gasteiger partial charge in [-0.25, -0.2) is 0 Å². The number of pyridine rings is 1. The summed E-state index contributed by atoms with van der Waals surface area (Å²) >= 11 is 0. The van der Waals surface area contributed by atoms with Gasteiger partial charge in [0.25, 0.3) is 0 Å². The van der Waals surface area contributed by atoms with E-state index in [9.17, 15) is 13.2 Å². The Morgan fingerprint density at radius 1 is 1.29 bits per heavy atom. The molecule has 4 nitrogen and oxygen atoms in total. The molecule has 0 saturated heterocycles. The van der Waals surface area contributed by atoms with E-state index in [0.717, 1.165) is 17.8 Å². The lowest BCUT2D eigenvalue weighted by Gasteiger charge is -2.17. The molecular formula is C14H17F3N4. The summed E-state index contributed by atoms with van der Waals surface area (Å²) in [5.74, 6) is 0. The lowest BCUT2D eigenvalue weighted by Crippen LogP contribution is -2.24. The Bertz CT molecular complexity index is 575. The summed E-state index contributed by atoms with van der Waals surface area (Å²) in [7, 11) is 1.82. The maximum atomic E-state index is 12.6. The van der Waals surface area contributed by atoms with Crippen molar-refractivity contribution in [2.45, 2.75) is 25.6 Å². The van der Waals surface area contributed by atoms with Crippen LogP contribution in [0.3, 0.4) is 0 Å². The molecule has 2 aromatic rings. The lowest BCUT2D eigenvalue weighted by atomic mass is 10.0. The summed E-state index contributed by atoms with van der Waals surface area (Å²) < 4.78 is 39.3. The van der Waals surface area contributed by atoms with Crippen LogP contribution < -0.4 is 5.32 Å². The largest absolute Gasteiger partial charge is 0.417 e. The Kier molecular flexibility index (Phi) is 4.62. The number of aryl methyl sites for hydroxylation is 1.